The number of aromatic amines is 1. The van der Waals surface area contributed by atoms with Crippen LogP contribution in [0.2, 0.25) is 0 Å². The van der Waals surface area contributed by atoms with E-state index < -0.39 is 0 Å². The first-order valence-electron chi connectivity index (χ1n) is 6.27. The standard InChI is InChI=1S/C14H17N3O/c1-9-6-11(18-8-10-2-3-10)4-5-12(9)13-7-14(15)17-16-13/h4-7,10H,2-3,8H2,1H3,(H3,15,16,17). The summed E-state index contributed by atoms with van der Waals surface area (Å²) in [6.45, 7) is 2.91. The molecular formula is C14H17N3O. The van der Waals surface area contributed by atoms with Crippen molar-refractivity contribution >= 4 is 5.82 Å². The molecule has 1 aliphatic rings. The molecule has 0 amide bonds. The molecule has 3 rings (SSSR count). The Morgan fingerprint density at radius 1 is 1.39 bits per heavy atom. The molecule has 0 saturated heterocycles. The molecule has 0 unspecified atom stereocenters. The Hall–Kier alpha value is -1.97. The highest BCUT2D eigenvalue weighted by Gasteiger charge is 2.21. The number of aromatic nitrogens is 2. The summed E-state index contributed by atoms with van der Waals surface area (Å²) < 4.78 is 5.76. The van der Waals surface area contributed by atoms with Gasteiger partial charge in [-0.2, -0.15) is 5.10 Å². The van der Waals surface area contributed by atoms with Gasteiger partial charge in [-0.15, -0.1) is 0 Å². The smallest absolute Gasteiger partial charge is 0.145 e. The summed E-state index contributed by atoms with van der Waals surface area (Å²) in [6, 6.07) is 7.95. The van der Waals surface area contributed by atoms with Gasteiger partial charge in [0.05, 0.1) is 12.3 Å². The first-order valence-corrected chi connectivity index (χ1v) is 6.27. The van der Waals surface area contributed by atoms with E-state index in [1.54, 1.807) is 0 Å². The van der Waals surface area contributed by atoms with E-state index in [0.29, 0.717) is 5.82 Å². The van der Waals surface area contributed by atoms with Gasteiger partial charge in [-0.25, -0.2) is 0 Å². The van der Waals surface area contributed by atoms with Crippen LogP contribution in [0.3, 0.4) is 0 Å². The monoisotopic (exact) mass is 243 g/mol. The number of rotatable bonds is 4. The summed E-state index contributed by atoms with van der Waals surface area (Å²) in [7, 11) is 0. The summed E-state index contributed by atoms with van der Waals surface area (Å²) in [6.07, 6.45) is 2.62. The lowest BCUT2D eigenvalue weighted by molar-refractivity contribution is 0.299. The molecule has 1 heterocycles. The summed E-state index contributed by atoms with van der Waals surface area (Å²) in [5.41, 5.74) is 8.83. The molecule has 18 heavy (non-hydrogen) atoms. The molecule has 0 aliphatic heterocycles. The lowest BCUT2D eigenvalue weighted by atomic mass is 10.1. The summed E-state index contributed by atoms with van der Waals surface area (Å²) >= 11 is 0. The van der Waals surface area contributed by atoms with Crippen molar-refractivity contribution in [3.05, 3.63) is 29.8 Å². The molecule has 1 saturated carbocycles. The maximum absolute atomic E-state index is 5.76. The Labute approximate surface area is 106 Å². The third kappa shape index (κ3) is 2.32. The second-order valence-electron chi connectivity index (χ2n) is 4.94. The van der Waals surface area contributed by atoms with Crippen molar-refractivity contribution in [2.75, 3.05) is 12.3 Å². The minimum Gasteiger partial charge on any atom is -0.493 e. The average molecular weight is 243 g/mol. The Kier molecular flexibility index (Phi) is 2.70. The van der Waals surface area contributed by atoms with E-state index in [2.05, 4.69) is 23.2 Å². The predicted molar refractivity (Wildman–Crippen MR) is 71.4 cm³/mol. The third-order valence-corrected chi connectivity index (χ3v) is 3.27. The molecule has 1 aliphatic carbocycles. The Bertz CT molecular complexity index is 558. The molecule has 94 valence electrons. The third-order valence-electron chi connectivity index (χ3n) is 3.27. The van der Waals surface area contributed by atoms with Gasteiger partial charge >= 0.3 is 0 Å². The normalized spacial score (nSPS) is 14.7. The molecule has 0 radical (unpaired) electrons. The molecular weight excluding hydrogens is 226 g/mol. The SMILES string of the molecule is Cc1cc(OCC2CC2)ccc1-c1cc(N)n[nH]1. The molecule has 0 bridgehead atoms. The molecule has 3 N–H and O–H groups in total. The minimum absolute atomic E-state index is 0.512. The lowest BCUT2D eigenvalue weighted by Gasteiger charge is -2.08. The zero-order chi connectivity index (χ0) is 12.5. The fourth-order valence-electron chi connectivity index (χ4n) is 2.00. The van der Waals surface area contributed by atoms with E-state index in [9.17, 15) is 0 Å². The molecule has 2 aromatic rings. The van der Waals surface area contributed by atoms with Crippen LogP contribution in [0.25, 0.3) is 11.3 Å². The molecule has 0 spiro atoms. The van der Waals surface area contributed by atoms with Gasteiger partial charge in [-0.1, -0.05) is 0 Å². The second kappa shape index (κ2) is 4.37. The van der Waals surface area contributed by atoms with Crippen LogP contribution in [0.5, 0.6) is 5.75 Å². The lowest BCUT2D eigenvalue weighted by Crippen LogP contribution is -1.99. The maximum Gasteiger partial charge on any atom is 0.145 e. The van der Waals surface area contributed by atoms with E-state index >= 15 is 0 Å². The van der Waals surface area contributed by atoms with Gasteiger partial charge in [0.15, 0.2) is 0 Å². The summed E-state index contributed by atoms with van der Waals surface area (Å²) in [4.78, 5) is 0. The van der Waals surface area contributed by atoms with Crippen molar-refractivity contribution in [1.82, 2.24) is 10.2 Å². The van der Waals surface area contributed by atoms with Crippen LogP contribution < -0.4 is 10.5 Å². The van der Waals surface area contributed by atoms with Gasteiger partial charge in [0.1, 0.15) is 11.6 Å². The fraction of sp³-hybridized carbons (Fsp3) is 0.357. The second-order valence-corrected chi connectivity index (χ2v) is 4.94. The average Bonchev–Trinajstić information content (AvgIpc) is 3.09. The number of nitrogens with zero attached hydrogens (tertiary/aromatic N) is 1. The first-order chi connectivity index (χ1) is 8.72. The fourth-order valence-corrected chi connectivity index (χ4v) is 2.00. The van der Waals surface area contributed by atoms with Crippen LogP contribution in [0.4, 0.5) is 5.82 Å². The number of nitrogen functional groups attached to an aromatic ring is 1. The number of H-pyrrole nitrogens is 1. The van der Waals surface area contributed by atoms with Crippen LogP contribution in [-0.4, -0.2) is 16.8 Å². The molecule has 1 aromatic carbocycles. The van der Waals surface area contributed by atoms with Crippen LogP contribution >= 0.6 is 0 Å². The van der Waals surface area contributed by atoms with Crippen molar-refractivity contribution in [1.29, 1.82) is 0 Å². The molecule has 1 fully saturated rings. The van der Waals surface area contributed by atoms with Crippen molar-refractivity contribution in [3.8, 4) is 17.0 Å². The highest BCUT2D eigenvalue weighted by Crippen LogP contribution is 2.31. The van der Waals surface area contributed by atoms with Gasteiger partial charge in [0.25, 0.3) is 0 Å². The van der Waals surface area contributed by atoms with Crippen molar-refractivity contribution in [2.24, 2.45) is 5.92 Å². The number of benzene rings is 1. The van der Waals surface area contributed by atoms with E-state index in [4.69, 9.17) is 10.5 Å². The highest BCUT2D eigenvalue weighted by molar-refractivity contribution is 5.66. The van der Waals surface area contributed by atoms with Gasteiger partial charge in [-0.3, -0.25) is 5.10 Å². The maximum atomic E-state index is 5.76. The number of nitrogens with one attached hydrogen (secondary N) is 1. The number of hydrogen-bond acceptors (Lipinski definition) is 3. The van der Waals surface area contributed by atoms with Crippen LogP contribution in [0.1, 0.15) is 18.4 Å². The number of anilines is 1. The zero-order valence-corrected chi connectivity index (χ0v) is 10.4. The summed E-state index contributed by atoms with van der Waals surface area (Å²) in [5.74, 6) is 2.23. The Morgan fingerprint density at radius 2 is 2.22 bits per heavy atom. The molecule has 4 nitrogen and oxygen atoms in total. The van der Waals surface area contributed by atoms with Crippen molar-refractivity contribution in [3.63, 3.8) is 0 Å². The van der Waals surface area contributed by atoms with Crippen LogP contribution in [-0.2, 0) is 0 Å². The van der Waals surface area contributed by atoms with Crippen LogP contribution in [0, 0.1) is 12.8 Å². The number of hydrogen-bond donors (Lipinski definition) is 2. The largest absolute Gasteiger partial charge is 0.493 e. The van der Waals surface area contributed by atoms with Crippen molar-refractivity contribution < 1.29 is 4.74 Å². The van der Waals surface area contributed by atoms with E-state index in [0.717, 1.165) is 35.1 Å². The highest BCUT2D eigenvalue weighted by atomic mass is 16.5. The van der Waals surface area contributed by atoms with Gasteiger partial charge in [-0.05, 0) is 49.4 Å². The molecule has 4 heteroatoms. The zero-order valence-electron chi connectivity index (χ0n) is 10.4. The van der Waals surface area contributed by atoms with Gasteiger partial charge in [0.2, 0.25) is 0 Å². The quantitative estimate of drug-likeness (QED) is 0.867. The minimum atomic E-state index is 0.512. The Balaban J connectivity index is 1.79. The van der Waals surface area contributed by atoms with E-state index in [1.165, 1.54) is 12.8 Å². The number of ether oxygens (including phenoxy) is 1. The van der Waals surface area contributed by atoms with Crippen LogP contribution in [0.15, 0.2) is 24.3 Å². The summed E-state index contributed by atoms with van der Waals surface area (Å²) in [5, 5.41) is 6.87. The topological polar surface area (TPSA) is 63.9 Å². The molecule has 0 atom stereocenters. The van der Waals surface area contributed by atoms with E-state index in [1.807, 2.05) is 18.2 Å². The number of nitrogens with two attached hydrogens (primary N) is 1. The Morgan fingerprint density at radius 3 is 2.83 bits per heavy atom. The van der Waals surface area contributed by atoms with E-state index in [-0.39, 0.29) is 0 Å². The first kappa shape index (κ1) is 11.1. The van der Waals surface area contributed by atoms with Gasteiger partial charge < -0.3 is 10.5 Å². The number of aryl methyl sites for hydroxylation is 1. The molecule has 1 aromatic heterocycles. The van der Waals surface area contributed by atoms with Crippen molar-refractivity contribution in [2.45, 2.75) is 19.8 Å². The predicted octanol–water partition coefficient (Wildman–Crippen LogP) is 2.76. The van der Waals surface area contributed by atoms with Gasteiger partial charge in [0, 0.05) is 11.6 Å².